The van der Waals surface area contributed by atoms with Crippen LogP contribution in [0.1, 0.15) is 20.8 Å². The molecule has 14 heavy (non-hydrogen) atoms. The maximum Gasteiger partial charge on any atom is 0.0558 e. The first-order valence-corrected chi connectivity index (χ1v) is 5.74. The summed E-state index contributed by atoms with van der Waals surface area (Å²) in [6.07, 6.45) is 0. The summed E-state index contributed by atoms with van der Waals surface area (Å²) in [5.74, 6) is 0.823. The van der Waals surface area contributed by atoms with Crippen LogP contribution in [0.3, 0.4) is 0 Å². The third kappa shape index (κ3) is 3.23. The lowest BCUT2D eigenvalue weighted by atomic mass is 9.97. The Morgan fingerprint density at radius 2 is 2.07 bits per heavy atom. The second-order valence-electron chi connectivity index (χ2n) is 4.53. The first-order chi connectivity index (χ1) is 6.67. The van der Waals surface area contributed by atoms with E-state index >= 15 is 0 Å². The van der Waals surface area contributed by atoms with Crippen molar-refractivity contribution in [3.63, 3.8) is 0 Å². The Morgan fingerprint density at radius 1 is 1.43 bits per heavy atom. The largest absolute Gasteiger partial charge is 0.395 e. The summed E-state index contributed by atoms with van der Waals surface area (Å²) in [5, 5.41) is 8.86. The summed E-state index contributed by atoms with van der Waals surface area (Å²) in [7, 11) is 0. The van der Waals surface area contributed by atoms with E-state index in [0.717, 1.165) is 25.6 Å². The number of aliphatic hydroxyl groups is 1. The molecule has 0 atom stereocenters. The van der Waals surface area contributed by atoms with Gasteiger partial charge in [0.2, 0.25) is 0 Å². The molecule has 0 saturated carbocycles. The number of aliphatic hydroxyl groups excluding tert-OH is 1. The van der Waals surface area contributed by atoms with Crippen molar-refractivity contribution in [1.29, 1.82) is 0 Å². The Morgan fingerprint density at radius 3 is 2.50 bits per heavy atom. The predicted molar refractivity (Wildman–Crippen MR) is 59.4 cm³/mol. The summed E-state index contributed by atoms with van der Waals surface area (Å²) in [6, 6.07) is 0.694. The Labute approximate surface area is 87.7 Å². The molecule has 1 rings (SSSR count). The minimum Gasteiger partial charge on any atom is -0.395 e. The fourth-order valence-electron chi connectivity index (χ4n) is 2.03. The molecule has 0 bridgehead atoms. The molecule has 84 valence electrons. The van der Waals surface area contributed by atoms with E-state index in [9.17, 15) is 0 Å². The molecule has 0 amide bonds. The third-order valence-electron chi connectivity index (χ3n) is 3.10. The summed E-state index contributed by atoms with van der Waals surface area (Å²) in [4.78, 5) is 4.83. The van der Waals surface area contributed by atoms with Crippen molar-refractivity contribution in [2.45, 2.75) is 26.8 Å². The number of nitrogens with zero attached hydrogens (tertiary/aromatic N) is 2. The van der Waals surface area contributed by atoms with E-state index < -0.39 is 0 Å². The molecule has 0 spiro atoms. The molecule has 3 heteroatoms. The topological polar surface area (TPSA) is 26.7 Å². The maximum atomic E-state index is 8.86. The van der Waals surface area contributed by atoms with Crippen molar-refractivity contribution in [3.8, 4) is 0 Å². The van der Waals surface area contributed by atoms with E-state index in [1.165, 1.54) is 13.1 Å². The van der Waals surface area contributed by atoms with Crippen molar-refractivity contribution in [3.05, 3.63) is 0 Å². The van der Waals surface area contributed by atoms with Crippen LogP contribution in [0.25, 0.3) is 0 Å². The SMILES string of the molecule is CCN(CCO)CC1CN(C(C)C)C1. The number of likely N-dealkylation sites (N-methyl/N-ethyl adjacent to an activating group) is 1. The van der Waals surface area contributed by atoms with Crippen LogP contribution in [-0.4, -0.2) is 60.3 Å². The predicted octanol–water partition coefficient (Wildman–Crippen LogP) is 0.641. The molecule has 1 aliphatic heterocycles. The maximum absolute atomic E-state index is 8.86. The Balaban J connectivity index is 2.14. The molecule has 1 fully saturated rings. The molecular weight excluding hydrogens is 176 g/mol. The molecule has 0 aliphatic carbocycles. The van der Waals surface area contributed by atoms with Crippen molar-refractivity contribution in [1.82, 2.24) is 9.80 Å². The molecule has 3 nitrogen and oxygen atoms in total. The third-order valence-corrected chi connectivity index (χ3v) is 3.10. The second-order valence-corrected chi connectivity index (χ2v) is 4.53. The molecule has 0 unspecified atom stereocenters. The highest BCUT2D eigenvalue weighted by Gasteiger charge is 2.29. The van der Waals surface area contributed by atoms with Crippen molar-refractivity contribution >= 4 is 0 Å². The van der Waals surface area contributed by atoms with Gasteiger partial charge < -0.3 is 14.9 Å². The fourth-order valence-corrected chi connectivity index (χ4v) is 2.03. The molecular formula is C11H24N2O. The van der Waals surface area contributed by atoms with E-state index in [1.54, 1.807) is 0 Å². The summed E-state index contributed by atoms with van der Waals surface area (Å²) >= 11 is 0. The average Bonchev–Trinajstić information content (AvgIpc) is 2.07. The number of rotatable bonds is 6. The molecule has 1 heterocycles. The van der Waals surface area contributed by atoms with Gasteiger partial charge in [-0.15, -0.1) is 0 Å². The number of hydrogen-bond donors (Lipinski definition) is 1. The van der Waals surface area contributed by atoms with Crippen molar-refractivity contribution in [2.24, 2.45) is 5.92 Å². The minimum atomic E-state index is 0.286. The van der Waals surface area contributed by atoms with Gasteiger partial charge >= 0.3 is 0 Å². The highest BCUT2D eigenvalue weighted by Crippen LogP contribution is 2.19. The Kier molecular flexibility index (Phi) is 4.85. The zero-order chi connectivity index (χ0) is 10.6. The smallest absolute Gasteiger partial charge is 0.0558 e. The summed E-state index contributed by atoms with van der Waals surface area (Å²) in [6.45, 7) is 12.5. The van der Waals surface area contributed by atoms with Gasteiger partial charge in [-0.3, -0.25) is 0 Å². The first-order valence-electron chi connectivity index (χ1n) is 5.74. The number of likely N-dealkylation sites (tertiary alicyclic amines) is 1. The lowest BCUT2D eigenvalue weighted by molar-refractivity contribution is 0.0398. The fraction of sp³-hybridized carbons (Fsp3) is 1.00. The van der Waals surface area contributed by atoms with Gasteiger partial charge in [-0.2, -0.15) is 0 Å². The van der Waals surface area contributed by atoms with E-state index in [1.807, 2.05) is 0 Å². The van der Waals surface area contributed by atoms with Gasteiger partial charge in [0.25, 0.3) is 0 Å². The zero-order valence-corrected chi connectivity index (χ0v) is 9.74. The molecule has 0 radical (unpaired) electrons. The normalized spacial score (nSPS) is 19.3. The van der Waals surface area contributed by atoms with Crippen LogP contribution in [0.4, 0.5) is 0 Å². The van der Waals surface area contributed by atoms with Crippen LogP contribution in [0, 0.1) is 5.92 Å². The van der Waals surface area contributed by atoms with Crippen LogP contribution in [-0.2, 0) is 0 Å². The molecule has 1 N–H and O–H groups in total. The molecule has 0 aromatic carbocycles. The van der Waals surface area contributed by atoms with Gasteiger partial charge in [-0.1, -0.05) is 6.92 Å². The van der Waals surface area contributed by atoms with Gasteiger partial charge in [-0.05, 0) is 26.3 Å². The average molecular weight is 200 g/mol. The van der Waals surface area contributed by atoms with E-state index in [-0.39, 0.29) is 6.61 Å². The van der Waals surface area contributed by atoms with Crippen LogP contribution >= 0.6 is 0 Å². The van der Waals surface area contributed by atoms with E-state index in [4.69, 9.17) is 5.11 Å². The number of hydrogen-bond acceptors (Lipinski definition) is 3. The summed E-state index contributed by atoms with van der Waals surface area (Å²) < 4.78 is 0. The molecule has 0 aromatic heterocycles. The highest BCUT2D eigenvalue weighted by atomic mass is 16.3. The lowest BCUT2D eigenvalue weighted by Gasteiger charge is -2.44. The molecule has 1 saturated heterocycles. The van der Waals surface area contributed by atoms with Crippen LogP contribution in [0.2, 0.25) is 0 Å². The quantitative estimate of drug-likeness (QED) is 0.681. The zero-order valence-electron chi connectivity index (χ0n) is 9.74. The minimum absolute atomic E-state index is 0.286. The van der Waals surface area contributed by atoms with Gasteiger partial charge in [0, 0.05) is 32.2 Å². The summed E-state index contributed by atoms with van der Waals surface area (Å²) in [5.41, 5.74) is 0. The second kappa shape index (κ2) is 5.69. The standard InChI is InChI=1S/C11H24N2O/c1-4-12(5-6-14)7-11-8-13(9-11)10(2)3/h10-11,14H,4-9H2,1-3H3. The van der Waals surface area contributed by atoms with E-state index in [2.05, 4.69) is 30.6 Å². The monoisotopic (exact) mass is 200 g/mol. The Bertz CT molecular complexity index is 155. The molecule has 1 aliphatic rings. The van der Waals surface area contributed by atoms with Gasteiger partial charge in [0.15, 0.2) is 0 Å². The van der Waals surface area contributed by atoms with Gasteiger partial charge in [-0.25, -0.2) is 0 Å². The lowest BCUT2D eigenvalue weighted by Crippen LogP contribution is -2.54. The van der Waals surface area contributed by atoms with Crippen LogP contribution in [0.15, 0.2) is 0 Å². The molecule has 0 aromatic rings. The van der Waals surface area contributed by atoms with Gasteiger partial charge in [0.05, 0.1) is 6.61 Å². The highest BCUT2D eigenvalue weighted by molar-refractivity contribution is 4.83. The van der Waals surface area contributed by atoms with Gasteiger partial charge in [0.1, 0.15) is 0 Å². The first kappa shape index (κ1) is 12.0. The Hall–Kier alpha value is -0.120. The van der Waals surface area contributed by atoms with Crippen LogP contribution < -0.4 is 0 Å². The van der Waals surface area contributed by atoms with E-state index in [0.29, 0.717) is 6.04 Å². The van der Waals surface area contributed by atoms with Crippen LogP contribution in [0.5, 0.6) is 0 Å². The van der Waals surface area contributed by atoms with Crippen molar-refractivity contribution < 1.29 is 5.11 Å². The van der Waals surface area contributed by atoms with Crippen molar-refractivity contribution in [2.75, 3.05) is 39.3 Å².